The highest BCUT2D eigenvalue weighted by atomic mass is 79.9. The average Bonchev–Trinajstić information content (AvgIpc) is 3.20. The Bertz CT molecular complexity index is 1130. The lowest BCUT2D eigenvalue weighted by Crippen LogP contribution is -2.39. The molecule has 0 N–H and O–H groups in total. The number of piperidine rings is 1. The highest BCUT2D eigenvalue weighted by Crippen LogP contribution is 2.30. The summed E-state index contributed by atoms with van der Waals surface area (Å²) in [7, 11) is -3.29. The standard InChI is InChI=1S/C23H25BrN2O2S2/c1-16-3-4-17(2)18(13-16)14-20-15-29-23(25-20)26-11-9-22(10-12-26)30(27,28)21-7-5-19(24)6-8-21/h3-8,13,15,22H,9-12,14H2,1-2H3. The fourth-order valence-electron chi connectivity index (χ4n) is 3.88. The van der Waals surface area contributed by atoms with E-state index < -0.39 is 9.84 Å². The van der Waals surface area contributed by atoms with E-state index in [0.29, 0.717) is 17.7 Å². The Labute approximate surface area is 191 Å². The molecule has 0 radical (unpaired) electrons. The number of halogens is 1. The number of anilines is 1. The van der Waals surface area contributed by atoms with Crippen molar-refractivity contribution < 1.29 is 8.42 Å². The molecule has 2 heterocycles. The normalized spacial score (nSPS) is 15.5. The first-order chi connectivity index (χ1) is 14.3. The van der Waals surface area contributed by atoms with Crippen LogP contribution in [-0.2, 0) is 16.3 Å². The third-order valence-electron chi connectivity index (χ3n) is 5.71. The van der Waals surface area contributed by atoms with Crippen LogP contribution in [0.1, 0.15) is 35.2 Å². The van der Waals surface area contributed by atoms with Crippen molar-refractivity contribution in [1.29, 1.82) is 0 Å². The Kier molecular flexibility index (Phi) is 6.32. The number of rotatable bonds is 5. The van der Waals surface area contributed by atoms with Crippen molar-refractivity contribution in [3.05, 3.63) is 74.7 Å². The molecule has 0 unspecified atom stereocenters. The van der Waals surface area contributed by atoms with E-state index >= 15 is 0 Å². The van der Waals surface area contributed by atoms with Gasteiger partial charge in [0.15, 0.2) is 15.0 Å². The maximum Gasteiger partial charge on any atom is 0.185 e. The summed E-state index contributed by atoms with van der Waals surface area (Å²) in [6.45, 7) is 5.69. The van der Waals surface area contributed by atoms with Gasteiger partial charge in [0.25, 0.3) is 0 Å². The Morgan fingerprint density at radius 2 is 1.80 bits per heavy atom. The molecule has 1 aromatic heterocycles. The van der Waals surface area contributed by atoms with E-state index in [1.165, 1.54) is 16.7 Å². The average molecular weight is 506 g/mol. The lowest BCUT2D eigenvalue weighted by atomic mass is 10.0. The van der Waals surface area contributed by atoms with Crippen molar-refractivity contribution in [3.63, 3.8) is 0 Å². The monoisotopic (exact) mass is 504 g/mol. The van der Waals surface area contributed by atoms with Gasteiger partial charge in [0.1, 0.15) is 0 Å². The number of benzene rings is 2. The Hall–Kier alpha value is -1.70. The number of aromatic nitrogens is 1. The molecule has 1 aliphatic heterocycles. The summed E-state index contributed by atoms with van der Waals surface area (Å²) in [6, 6.07) is 13.5. The van der Waals surface area contributed by atoms with Crippen LogP contribution in [-0.4, -0.2) is 31.7 Å². The molecule has 1 fully saturated rings. The van der Waals surface area contributed by atoms with Crippen LogP contribution in [0.5, 0.6) is 0 Å². The summed E-state index contributed by atoms with van der Waals surface area (Å²) in [5, 5.41) is 2.79. The van der Waals surface area contributed by atoms with Crippen molar-refractivity contribution in [2.75, 3.05) is 18.0 Å². The molecule has 1 aliphatic rings. The van der Waals surface area contributed by atoms with Crippen LogP contribution in [0.2, 0.25) is 0 Å². The molecule has 0 atom stereocenters. The first-order valence-corrected chi connectivity index (χ1v) is 13.3. The van der Waals surface area contributed by atoms with E-state index in [2.05, 4.69) is 58.3 Å². The third kappa shape index (κ3) is 4.63. The van der Waals surface area contributed by atoms with Gasteiger partial charge in [0.05, 0.1) is 15.8 Å². The third-order valence-corrected chi connectivity index (χ3v) is 9.47. The first kappa shape index (κ1) is 21.5. The molecule has 0 spiro atoms. The molecule has 0 aliphatic carbocycles. The SMILES string of the molecule is Cc1ccc(C)c(Cc2csc(N3CCC(S(=O)(=O)c4ccc(Br)cc4)CC3)n2)c1. The smallest absolute Gasteiger partial charge is 0.185 e. The predicted molar refractivity (Wildman–Crippen MR) is 127 cm³/mol. The van der Waals surface area contributed by atoms with Gasteiger partial charge in [-0.05, 0) is 62.1 Å². The molecule has 30 heavy (non-hydrogen) atoms. The van der Waals surface area contributed by atoms with Gasteiger partial charge in [-0.3, -0.25) is 0 Å². The van der Waals surface area contributed by atoms with Gasteiger partial charge < -0.3 is 4.90 Å². The predicted octanol–water partition coefficient (Wildman–Crippen LogP) is 5.56. The summed E-state index contributed by atoms with van der Waals surface area (Å²) in [5.41, 5.74) is 4.94. The molecule has 158 valence electrons. The summed E-state index contributed by atoms with van der Waals surface area (Å²) < 4.78 is 26.8. The molecule has 4 nitrogen and oxygen atoms in total. The van der Waals surface area contributed by atoms with Crippen LogP contribution >= 0.6 is 27.3 Å². The molecular weight excluding hydrogens is 480 g/mol. The molecule has 0 saturated carbocycles. The van der Waals surface area contributed by atoms with E-state index in [0.717, 1.165) is 34.8 Å². The fourth-order valence-corrected chi connectivity index (χ4v) is 6.76. The molecule has 1 saturated heterocycles. The van der Waals surface area contributed by atoms with E-state index in [9.17, 15) is 8.42 Å². The van der Waals surface area contributed by atoms with Crippen LogP contribution in [0.25, 0.3) is 0 Å². The van der Waals surface area contributed by atoms with Gasteiger partial charge in [-0.15, -0.1) is 11.3 Å². The number of hydrogen-bond acceptors (Lipinski definition) is 5. The molecule has 3 aromatic rings. The zero-order valence-corrected chi connectivity index (χ0v) is 20.4. The quantitative estimate of drug-likeness (QED) is 0.456. The zero-order valence-electron chi connectivity index (χ0n) is 17.1. The maximum atomic E-state index is 13.0. The molecule has 2 aromatic carbocycles. The van der Waals surface area contributed by atoms with Gasteiger partial charge in [-0.25, -0.2) is 13.4 Å². The number of sulfone groups is 1. The lowest BCUT2D eigenvalue weighted by Gasteiger charge is -2.31. The second-order valence-corrected chi connectivity index (χ2v) is 11.9. The lowest BCUT2D eigenvalue weighted by molar-refractivity contribution is 0.529. The van der Waals surface area contributed by atoms with Crippen molar-refractivity contribution in [3.8, 4) is 0 Å². The second-order valence-electron chi connectivity index (χ2n) is 7.91. The van der Waals surface area contributed by atoms with Crippen molar-refractivity contribution in [2.45, 2.75) is 43.3 Å². The minimum atomic E-state index is -3.29. The second kappa shape index (κ2) is 8.81. The van der Waals surface area contributed by atoms with Gasteiger partial charge in [0, 0.05) is 29.4 Å². The highest BCUT2D eigenvalue weighted by molar-refractivity contribution is 9.10. The van der Waals surface area contributed by atoms with E-state index in [-0.39, 0.29) is 5.25 Å². The minimum absolute atomic E-state index is 0.329. The van der Waals surface area contributed by atoms with Crippen molar-refractivity contribution >= 4 is 42.2 Å². The first-order valence-electron chi connectivity index (χ1n) is 10.1. The number of aryl methyl sites for hydroxylation is 2. The Balaban J connectivity index is 1.41. The van der Waals surface area contributed by atoms with E-state index in [4.69, 9.17) is 4.98 Å². The molecule has 7 heteroatoms. The van der Waals surface area contributed by atoms with Crippen LogP contribution in [0.4, 0.5) is 5.13 Å². The fraction of sp³-hybridized carbons (Fsp3) is 0.348. The summed E-state index contributed by atoms with van der Waals surface area (Å²) in [4.78, 5) is 7.48. The number of thiazole rings is 1. The van der Waals surface area contributed by atoms with Crippen LogP contribution < -0.4 is 4.90 Å². The molecule has 0 bridgehead atoms. The molecule has 4 rings (SSSR count). The van der Waals surface area contributed by atoms with Gasteiger partial charge >= 0.3 is 0 Å². The van der Waals surface area contributed by atoms with Crippen molar-refractivity contribution in [2.24, 2.45) is 0 Å². The Morgan fingerprint density at radius 3 is 2.50 bits per heavy atom. The van der Waals surface area contributed by atoms with Crippen LogP contribution in [0.3, 0.4) is 0 Å². The largest absolute Gasteiger partial charge is 0.348 e. The minimum Gasteiger partial charge on any atom is -0.348 e. The highest BCUT2D eigenvalue weighted by Gasteiger charge is 2.32. The number of hydrogen-bond donors (Lipinski definition) is 0. The Morgan fingerprint density at radius 1 is 1.10 bits per heavy atom. The van der Waals surface area contributed by atoms with Crippen molar-refractivity contribution in [1.82, 2.24) is 4.98 Å². The number of nitrogens with zero attached hydrogens (tertiary/aromatic N) is 2. The topological polar surface area (TPSA) is 50.3 Å². The van der Waals surface area contributed by atoms with Gasteiger partial charge in [0.2, 0.25) is 0 Å². The van der Waals surface area contributed by atoms with Crippen LogP contribution in [0, 0.1) is 13.8 Å². The molecule has 0 amide bonds. The molecular formula is C23H25BrN2O2S2. The van der Waals surface area contributed by atoms with E-state index in [1.54, 1.807) is 35.6 Å². The van der Waals surface area contributed by atoms with Crippen LogP contribution in [0.15, 0.2) is 57.2 Å². The van der Waals surface area contributed by atoms with E-state index in [1.807, 2.05) is 0 Å². The van der Waals surface area contributed by atoms with Gasteiger partial charge in [-0.1, -0.05) is 39.7 Å². The summed E-state index contributed by atoms with van der Waals surface area (Å²) in [6.07, 6.45) is 2.09. The summed E-state index contributed by atoms with van der Waals surface area (Å²) >= 11 is 5.02. The summed E-state index contributed by atoms with van der Waals surface area (Å²) in [5.74, 6) is 0. The maximum absolute atomic E-state index is 13.0. The van der Waals surface area contributed by atoms with Gasteiger partial charge in [-0.2, -0.15) is 0 Å². The zero-order chi connectivity index (χ0) is 21.3.